The van der Waals surface area contributed by atoms with E-state index in [9.17, 15) is 14.7 Å². The normalized spacial score (nSPS) is 13.6. The number of aliphatic hydroxyl groups is 1. The molecule has 2 aromatic heterocycles. The van der Waals surface area contributed by atoms with Crippen molar-refractivity contribution in [3.8, 4) is 0 Å². The Bertz CT molecular complexity index is 1570. The molecular formula is C31H31N3O5. The van der Waals surface area contributed by atoms with E-state index in [2.05, 4.69) is 10.6 Å². The van der Waals surface area contributed by atoms with E-state index in [-0.39, 0.29) is 31.7 Å². The van der Waals surface area contributed by atoms with E-state index < -0.39 is 11.6 Å². The Morgan fingerprint density at radius 1 is 1.03 bits per heavy atom. The van der Waals surface area contributed by atoms with Crippen molar-refractivity contribution in [3.63, 3.8) is 0 Å². The largest absolute Gasteiger partial charge is 0.457 e. The van der Waals surface area contributed by atoms with Crippen LogP contribution >= 0.6 is 0 Å². The number of alkyl carbamates (subject to hydrolysis) is 1. The molecule has 0 fully saturated rings. The van der Waals surface area contributed by atoms with Crippen LogP contribution in [0.3, 0.4) is 0 Å². The molecule has 200 valence electrons. The average molecular weight is 526 g/mol. The van der Waals surface area contributed by atoms with Crippen LogP contribution in [0.4, 0.5) is 4.79 Å². The van der Waals surface area contributed by atoms with Gasteiger partial charge >= 0.3 is 6.09 Å². The highest BCUT2D eigenvalue weighted by molar-refractivity contribution is 5.92. The zero-order chi connectivity index (χ0) is 27.4. The van der Waals surface area contributed by atoms with Crippen LogP contribution in [0, 0.1) is 0 Å². The number of para-hydroxylation sites is 2. The number of aromatic nitrogens is 1. The minimum absolute atomic E-state index is 0.0809. The monoisotopic (exact) mass is 525 g/mol. The van der Waals surface area contributed by atoms with Crippen molar-refractivity contribution in [1.29, 1.82) is 0 Å². The minimum atomic E-state index is -1.36. The molecule has 0 aliphatic heterocycles. The first-order valence-corrected chi connectivity index (χ1v) is 12.8. The number of carbonyl (C=O) groups excluding carboxylic acids is 2. The average Bonchev–Trinajstić information content (AvgIpc) is 3.53. The number of ether oxygens (including phenoxy) is 1. The number of benzene rings is 3. The van der Waals surface area contributed by atoms with Crippen molar-refractivity contribution in [2.75, 3.05) is 0 Å². The first-order valence-electron chi connectivity index (χ1n) is 12.8. The maximum Gasteiger partial charge on any atom is 0.408 e. The maximum atomic E-state index is 13.7. The summed E-state index contributed by atoms with van der Waals surface area (Å²) < 4.78 is 12.9. The summed E-state index contributed by atoms with van der Waals surface area (Å²) in [5.41, 5.74) is 1.93. The number of fused-ring (bicyclic) bond motifs is 2. The Labute approximate surface area is 226 Å². The molecule has 0 spiro atoms. The predicted molar refractivity (Wildman–Crippen MR) is 149 cm³/mol. The molecule has 5 rings (SSSR count). The summed E-state index contributed by atoms with van der Waals surface area (Å²) in [7, 11) is 0. The lowest BCUT2D eigenvalue weighted by molar-refractivity contribution is -0.127. The molecule has 0 saturated heterocycles. The number of amides is 2. The first kappa shape index (κ1) is 26.1. The molecule has 2 atom stereocenters. The van der Waals surface area contributed by atoms with Crippen LogP contribution < -0.4 is 10.6 Å². The molecule has 2 heterocycles. The molecule has 0 aliphatic carbocycles. The van der Waals surface area contributed by atoms with Gasteiger partial charge in [-0.05, 0) is 43.2 Å². The molecule has 2 unspecified atom stereocenters. The Balaban J connectivity index is 1.38. The van der Waals surface area contributed by atoms with Gasteiger partial charge in [0, 0.05) is 23.4 Å². The van der Waals surface area contributed by atoms with Crippen molar-refractivity contribution in [2.45, 2.75) is 45.2 Å². The zero-order valence-electron chi connectivity index (χ0n) is 21.9. The third-order valence-electron chi connectivity index (χ3n) is 6.92. The molecule has 8 heteroatoms. The number of hydrogen-bond donors (Lipinski definition) is 3. The lowest BCUT2D eigenvalue weighted by atomic mass is 9.91. The SMILES string of the molecule is CC(NC(=O)C(C)(Cc1cn(CO)c2ccccc12)NC(=O)OCc1cc2ccccc2o1)c1ccccc1. The summed E-state index contributed by atoms with van der Waals surface area (Å²) in [6.45, 7) is 3.28. The number of hydrogen-bond acceptors (Lipinski definition) is 5. The van der Waals surface area contributed by atoms with Crippen molar-refractivity contribution >= 4 is 33.9 Å². The summed E-state index contributed by atoms with van der Waals surface area (Å²) in [4.78, 5) is 26.8. The number of nitrogens with one attached hydrogen (secondary N) is 2. The zero-order valence-corrected chi connectivity index (χ0v) is 21.9. The topological polar surface area (TPSA) is 106 Å². The van der Waals surface area contributed by atoms with E-state index in [1.807, 2.05) is 91.9 Å². The fraction of sp³-hybridized carbons (Fsp3) is 0.226. The van der Waals surface area contributed by atoms with Gasteiger partial charge in [-0.3, -0.25) is 4.79 Å². The highest BCUT2D eigenvalue weighted by atomic mass is 16.6. The second-order valence-corrected chi connectivity index (χ2v) is 9.85. The minimum Gasteiger partial charge on any atom is -0.457 e. The van der Waals surface area contributed by atoms with Crippen LogP contribution in [0.2, 0.25) is 0 Å². The number of aliphatic hydroxyl groups excluding tert-OH is 1. The van der Waals surface area contributed by atoms with E-state index in [1.54, 1.807) is 17.7 Å². The second kappa shape index (κ2) is 11.0. The summed E-state index contributed by atoms with van der Waals surface area (Å²) in [5.74, 6) is 0.140. The van der Waals surface area contributed by atoms with E-state index in [0.717, 1.165) is 27.4 Å². The molecule has 3 N–H and O–H groups in total. The standard InChI is InChI=1S/C31H31N3O5/c1-21(22-10-4-3-5-11-22)32-29(36)31(2,17-24-18-34(20-35)27-14-8-7-13-26(24)27)33-30(37)38-19-25-16-23-12-6-9-15-28(23)39-25/h3-16,18,21,35H,17,19-20H2,1-2H3,(H,32,36)(H,33,37). The molecule has 39 heavy (non-hydrogen) atoms. The van der Waals surface area contributed by atoms with Gasteiger partial charge in [0.25, 0.3) is 0 Å². The van der Waals surface area contributed by atoms with Crippen LogP contribution in [0.25, 0.3) is 21.9 Å². The van der Waals surface area contributed by atoms with Gasteiger partial charge < -0.3 is 29.5 Å². The van der Waals surface area contributed by atoms with E-state index in [1.165, 1.54) is 0 Å². The predicted octanol–water partition coefficient (Wildman–Crippen LogP) is 5.44. The summed E-state index contributed by atoms with van der Waals surface area (Å²) >= 11 is 0. The Hall–Kier alpha value is -4.56. The molecule has 3 aromatic carbocycles. The van der Waals surface area contributed by atoms with Crippen molar-refractivity contribution in [1.82, 2.24) is 15.2 Å². The summed E-state index contributed by atoms with van der Waals surface area (Å²) in [6.07, 6.45) is 1.23. The third kappa shape index (κ3) is 5.66. The Kier molecular flexibility index (Phi) is 7.38. The van der Waals surface area contributed by atoms with Gasteiger partial charge in [0.2, 0.25) is 5.91 Å². The Morgan fingerprint density at radius 3 is 2.51 bits per heavy atom. The van der Waals surface area contributed by atoms with Crippen LogP contribution in [0.5, 0.6) is 0 Å². The van der Waals surface area contributed by atoms with Gasteiger partial charge in [0.05, 0.1) is 11.6 Å². The van der Waals surface area contributed by atoms with Crippen LogP contribution in [0.15, 0.2) is 95.5 Å². The summed E-state index contributed by atoms with van der Waals surface area (Å²) in [6, 6.07) is 26.3. The van der Waals surface area contributed by atoms with E-state index in [4.69, 9.17) is 9.15 Å². The smallest absolute Gasteiger partial charge is 0.408 e. The molecular weight excluding hydrogens is 494 g/mol. The van der Waals surface area contributed by atoms with E-state index >= 15 is 0 Å². The highest BCUT2D eigenvalue weighted by Crippen LogP contribution is 2.26. The van der Waals surface area contributed by atoms with Gasteiger partial charge in [0.1, 0.15) is 23.6 Å². The molecule has 0 aliphatic rings. The Morgan fingerprint density at radius 2 is 1.74 bits per heavy atom. The quantitative estimate of drug-likeness (QED) is 0.238. The maximum absolute atomic E-state index is 13.7. The molecule has 8 nitrogen and oxygen atoms in total. The number of carbonyl (C=O) groups is 2. The van der Waals surface area contributed by atoms with Gasteiger partial charge in [-0.25, -0.2) is 4.79 Å². The van der Waals surface area contributed by atoms with Gasteiger partial charge in [-0.1, -0.05) is 66.7 Å². The molecule has 0 saturated carbocycles. The van der Waals surface area contributed by atoms with Crippen molar-refractivity contribution in [3.05, 3.63) is 108 Å². The van der Waals surface area contributed by atoms with Gasteiger partial charge in [0.15, 0.2) is 6.61 Å². The van der Waals surface area contributed by atoms with Crippen LogP contribution in [-0.2, 0) is 29.3 Å². The van der Waals surface area contributed by atoms with Crippen LogP contribution in [0.1, 0.15) is 36.8 Å². The molecule has 5 aromatic rings. The summed E-state index contributed by atoms with van der Waals surface area (Å²) in [5, 5.41) is 17.5. The molecule has 0 radical (unpaired) electrons. The third-order valence-corrected chi connectivity index (χ3v) is 6.92. The highest BCUT2D eigenvalue weighted by Gasteiger charge is 2.37. The molecule has 0 bridgehead atoms. The lowest BCUT2D eigenvalue weighted by Crippen LogP contribution is -2.58. The second-order valence-electron chi connectivity index (χ2n) is 9.85. The first-order chi connectivity index (χ1) is 18.9. The lowest BCUT2D eigenvalue weighted by Gasteiger charge is -2.30. The fourth-order valence-corrected chi connectivity index (χ4v) is 4.83. The fourth-order valence-electron chi connectivity index (χ4n) is 4.83. The number of furan rings is 1. The van der Waals surface area contributed by atoms with Crippen molar-refractivity contribution in [2.24, 2.45) is 0 Å². The molecule has 2 amide bonds. The van der Waals surface area contributed by atoms with Gasteiger partial charge in [-0.2, -0.15) is 0 Å². The number of rotatable bonds is 9. The van der Waals surface area contributed by atoms with Gasteiger partial charge in [-0.15, -0.1) is 0 Å². The van der Waals surface area contributed by atoms with E-state index in [0.29, 0.717) is 11.3 Å². The number of nitrogens with zero attached hydrogens (tertiary/aromatic N) is 1. The van der Waals surface area contributed by atoms with Crippen LogP contribution in [-0.4, -0.2) is 27.2 Å². The van der Waals surface area contributed by atoms with Crippen molar-refractivity contribution < 1.29 is 23.8 Å².